The third kappa shape index (κ3) is 7.66. The van der Waals surface area contributed by atoms with Crippen LogP contribution in [-0.4, -0.2) is 19.6 Å². The fourth-order valence-corrected chi connectivity index (χ4v) is 6.70. The Balaban J connectivity index is 0.00000481. The molecule has 0 radical (unpaired) electrons. The van der Waals surface area contributed by atoms with E-state index in [1.807, 2.05) is 60.8 Å². The number of rotatable bonds is 5. The number of aromatic hydroxyl groups is 1. The quantitative estimate of drug-likeness (QED) is 0.175. The van der Waals surface area contributed by atoms with Gasteiger partial charge in [-0.05, 0) is 74.9 Å². The van der Waals surface area contributed by atoms with Gasteiger partial charge in [0.15, 0.2) is 0 Å². The van der Waals surface area contributed by atoms with Gasteiger partial charge in [-0.3, -0.25) is 9.55 Å². The van der Waals surface area contributed by atoms with Crippen molar-refractivity contribution in [2.75, 3.05) is 0 Å². The van der Waals surface area contributed by atoms with Gasteiger partial charge in [-0.2, -0.15) is 0 Å². The van der Waals surface area contributed by atoms with Crippen LogP contribution in [0.2, 0.25) is 0 Å². The van der Waals surface area contributed by atoms with Gasteiger partial charge in [0.05, 0.1) is 16.6 Å². The zero-order chi connectivity index (χ0) is 37.0. The van der Waals surface area contributed by atoms with E-state index < -0.39 is 0 Å². The molecule has 0 atom stereocenters. The number of imidazole rings is 1. The summed E-state index contributed by atoms with van der Waals surface area (Å²) < 4.78 is 2.18. The fourth-order valence-electron chi connectivity index (χ4n) is 6.70. The van der Waals surface area contributed by atoms with Crippen LogP contribution >= 0.6 is 0 Å². The van der Waals surface area contributed by atoms with Crippen molar-refractivity contribution in [3.05, 3.63) is 144 Å². The summed E-state index contributed by atoms with van der Waals surface area (Å²) in [6.45, 7) is 20.4. The molecule has 1 N–H and O–H groups in total. The number of hydrogen-bond donors (Lipinski definition) is 1. The Morgan fingerprint density at radius 2 is 1.13 bits per heavy atom. The van der Waals surface area contributed by atoms with Crippen molar-refractivity contribution in [2.45, 2.75) is 78.6 Å². The van der Waals surface area contributed by atoms with E-state index in [2.05, 4.69) is 128 Å². The van der Waals surface area contributed by atoms with Crippen molar-refractivity contribution in [1.82, 2.24) is 14.5 Å². The molecule has 2 aromatic heterocycles. The molecule has 0 aliphatic heterocycles. The Morgan fingerprint density at radius 1 is 0.566 bits per heavy atom. The topological polar surface area (TPSA) is 50.9 Å². The van der Waals surface area contributed by atoms with E-state index in [1.165, 1.54) is 16.7 Å². The average Bonchev–Trinajstić information content (AvgIpc) is 3.50. The van der Waals surface area contributed by atoms with E-state index in [-0.39, 0.29) is 43.1 Å². The molecule has 4 nitrogen and oxygen atoms in total. The van der Waals surface area contributed by atoms with E-state index >= 15 is 0 Å². The minimum Gasteiger partial charge on any atom is -0.507 e. The summed E-state index contributed by atoms with van der Waals surface area (Å²) in [4.78, 5) is 10.2. The Bertz CT molecular complexity index is 2380. The molecule has 0 aliphatic carbocycles. The largest absolute Gasteiger partial charge is 0.507 e. The summed E-state index contributed by atoms with van der Waals surface area (Å²) in [5.74, 6) is 0.868. The summed E-state index contributed by atoms with van der Waals surface area (Å²) in [6.07, 6.45) is 1.84. The van der Waals surface area contributed by atoms with Crippen LogP contribution in [0.4, 0.5) is 0 Å². The Hall–Kier alpha value is -4.79. The van der Waals surface area contributed by atoms with Crippen LogP contribution in [0, 0.1) is 6.07 Å². The van der Waals surface area contributed by atoms with Gasteiger partial charge in [-0.25, -0.2) is 4.98 Å². The van der Waals surface area contributed by atoms with Crippen molar-refractivity contribution in [1.29, 1.82) is 0 Å². The molecule has 0 bridgehead atoms. The van der Waals surface area contributed by atoms with Crippen molar-refractivity contribution in [2.24, 2.45) is 0 Å². The van der Waals surface area contributed by atoms with Crippen LogP contribution in [0.3, 0.4) is 0 Å². The number of benzene rings is 5. The first-order valence-corrected chi connectivity index (χ1v) is 18.1. The Labute approximate surface area is 329 Å². The fraction of sp³-hybridized carbons (Fsp3) is 0.250. The minimum atomic E-state index is -0.159. The van der Waals surface area contributed by atoms with Gasteiger partial charge in [0.2, 0.25) is 0 Å². The van der Waals surface area contributed by atoms with Crippen molar-refractivity contribution >= 4 is 11.0 Å². The molecular weight excluding hydrogens is 830 g/mol. The molecule has 2 heterocycles. The second-order valence-electron chi connectivity index (χ2n) is 17.0. The summed E-state index contributed by atoms with van der Waals surface area (Å²) in [5.41, 5.74) is 13.0. The van der Waals surface area contributed by atoms with Crippen LogP contribution in [0.5, 0.6) is 5.75 Å². The molecule has 5 aromatic carbocycles. The second-order valence-corrected chi connectivity index (χ2v) is 17.0. The molecule has 0 saturated heterocycles. The van der Waals surface area contributed by atoms with Crippen molar-refractivity contribution in [3.8, 4) is 56.3 Å². The van der Waals surface area contributed by atoms with Gasteiger partial charge >= 0.3 is 0 Å². The van der Waals surface area contributed by atoms with Gasteiger partial charge in [0.25, 0.3) is 0 Å². The Morgan fingerprint density at radius 3 is 1.74 bits per heavy atom. The predicted molar refractivity (Wildman–Crippen MR) is 217 cm³/mol. The van der Waals surface area contributed by atoms with E-state index in [1.54, 1.807) is 6.07 Å². The molecule has 53 heavy (non-hydrogen) atoms. The molecule has 272 valence electrons. The summed E-state index contributed by atoms with van der Waals surface area (Å²) in [6, 6.07) is 43.6. The number of pyridine rings is 1. The number of fused-ring (bicyclic) bond motifs is 1. The number of hydrogen-bond acceptors (Lipinski definition) is 3. The normalized spacial score (nSPS) is 12.2. The molecule has 0 spiro atoms. The second kappa shape index (κ2) is 14.2. The van der Waals surface area contributed by atoms with Crippen molar-refractivity contribution < 1.29 is 26.2 Å². The Kier molecular flexibility index (Phi) is 10.2. The van der Waals surface area contributed by atoms with E-state index in [0.29, 0.717) is 11.4 Å². The zero-order valence-electron chi connectivity index (χ0n) is 32.2. The summed E-state index contributed by atoms with van der Waals surface area (Å²) in [7, 11) is 0. The number of nitrogens with zero attached hydrogens (tertiary/aromatic N) is 3. The molecule has 0 unspecified atom stereocenters. The van der Waals surface area contributed by atoms with Gasteiger partial charge in [0.1, 0.15) is 11.6 Å². The molecule has 7 aromatic rings. The number of phenolic OH excluding ortho intramolecular Hbond substituents is 1. The smallest absolute Gasteiger partial charge is 0.148 e. The summed E-state index contributed by atoms with van der Waals surface area (Å²) >= 11 is 0. The van der Waals surface area contributed by atoms with Gasteiger partial charge < -0.3 is 5.11 Å². The maximum atomic E-state index is 11.1. The van der Waals surface area contributed by atoms with Gasteiger partial charge in [0, 0.05) is 38.6 Å². The molecule has 0 amide bonds. The van der Waals surface area contributed by atoms with Crippen LogP contribution < -0.4 is 0 Å². The monoisotopic (exact) mass is 877 g/mol. The number of aromatic nitrogens is 3. The molecule has 5 heteroatoms. The number of para-hydroxylation sites is 2. The third-order valence-corrected chi connectivity index (χ3v) is 9.88. The van der Waals surface area contributed by atoms with Crippen LogP contribution in [0.1, 0.15) is 79.0 Å². The van der Waals surface area contributed by atoms with E-state index in [4.69, 9.17) is 9.97 Å². The molecule has 0 fully saturated rings. The molecule has 0 saturated carbocycles. The SMILES string of the molecule is CC(C)(C)c1cc(-c2cc(-c3ccccn3)[c-]c(-c3cc(C(C)(C)C)cc4c3nc(-c3ccccc3O)n4-c3ccccc3)c2)cc(C(C)(C)C)c1.[Pt]. The van der Waals surface area contributed by atoms with Crippen molar-refractivity contribution in [3.63, 3.8) is 0 Å². The first-order chi connectivity index (χ1) is 24.6. The van der Waals surface area contributed by atoms with Gasteiger partial charge in [-0.15, -0.1) is 23.8 Å². The maximum absolute atomic E-state index is 11.1. The predicted octanol–water partition coefficient (Wildman–Crippen LogP) is 12.5. The zero-order valence-corrected chi connectivity index (χ0v) is 34.4. The maximum Gasteiger partial charge on any atom is 0.148 e. The summed E-state index contributed by atoms with van der Waals surface area (Å²) in [5, 5.41) is 11.1. The molecular formula is C48H48N3OPt-. The minimum absolute atomic E-state index is 0. The number of phenols is 1. The van der Waals surface area contributed by atoms with Gasteiger partial charge in [-0.1, -0.05) is 146 Å². The standard InChI is InChI=1S/C48H48N3O.Pt/c1-46(2,3)35-26-32(27-36(28-35)47(4,5)6)31-23-33(25-34(24-31)41-20-15-16-22-49-41)40-29-37(48(7,8)9)30-42-44(40)50-45(39-19-13-14-21-43(39)52)51(42)38-17-11-10-12-18-38;/h10-24,26-30,52H,1-9H3;/q-1;. The van der Waals surface area contributed by atoms with Crippen LogP contribution in [0.15, 0.2) is 121 Å². The molecule has 7 rings (SSSR count). The molecule has 0 aliphatic rings. The first-order valence-electron chi connectivity index (χ1n) is 18.1. The van der Waals surface area contributed by atoms with E-state index in [0.717, 1.165) is 50.2 Å². The van der Waals surface area contributed by atoms with E-state index in [9.17, 15) is 5.11 Å². The van der Waals surface area contributed by atoms with Crippen LogP contribution in [-0.2, 0) is 37.3 Å². The third-order valence-electron chi connectivity index (χ3n) is 9.88. The van der Waals surface area contributed by atoms with Crippen LogP contribution in [0.25, 0.3) is 61.6 Å². The first kappa shape index (κ1) is 37.9. The average molecular weight is 878 g/mol.